The molecule has 0 heterocycles. The van der Waals surface area contributed by atoms with Gasteiger partial charge in [0.05, 0.1) is 0 Å². The van der Waals surface area contributed by atoms with Crippen LogP contribution in [0, 0.1) is 17.3 Å². The van der Waals surface area contributed by atoms with Gasteiger partial charge in [-0.05, 0) is 37.0 Å². The molecule has 0 bridgehead atoms. The van der Waals surface area contributed by atoms with Crippen LogP contribution >= 0.6 is 11.6 Å². The Labute approximate surface area is 89.1 Å². The van der Waals surface area contributed by atoms with Gasteiger partial charge in [-0.1, -0.05) is 34.6 Å². The summed E-state index contributed by atoms with van der Waals surface area (Å²) in [5.74, 6) is 1.37. The highest BCUT2D eigenvalue weighted by molar-refractivity contribution is 6.20. The zero-order chi connectivity index (χ0) is 10.6. The average molecular weight is 205 g/mol. The molecule has 0 aliphatic heterocycles. The lowest BCUT2D eigenvalue weighted by atomic mass is 9.81. The molecule has 1 heteroatoms. The Bertz CT molecular complexity index is 123. The molecule has 0 N–H and O–H groups in total. The van der Waals surface area contributed by atoms with Crippen molar-refractivity contribution in [3.8, 4) is 0 Å². The lowest BCUT2D eigenvalue weighted by Gasteiger charge is -2.27. The van der Waals surface area contributed by atoms with Crippen LogP contribution in [0.1, 0.15) is 54.4 Å². The van der Waals surface area contributed by atoms with E-state index in [1.54, 1.807) is 0 Å². The van der Waals surface area contributed by atoms with E-state index in [2.05, 4.69) is 41.5 Å². The number of alkyl halides is 1. The molecule has 0 saturated heterocycles. The van der Waals surface area contributed by atoms with Gasteiger partial charge in [-0.15, -0.1) is 11.6 Å². The van der Waals surface area contributed by atoms with E-state index < -0.39 is 0 Å². The summed E-state index contributed by atoms with van der Waals surface area (Å²) in [6.07, 6.45) is 2.53. The first kappa shape index (κ1) is 13.3. The highest BCUT2D eigenvalue weighted by Crippen LogP contribution is 2.30. The van der Waals surface area contributed by atoms with E-state index in [0.29, 0.717) is 22.6 Å². The summed E-state index contributed by atoms with van der Waals surface area (Å²) in [6, 6.07) is 0. The van der Waals surface area contributed by atoms with Crippen LogP contribution in [0.4, 0.5) is 0 Å². The Morgan fingerprint density at radius 1 is 1.08 bits per heavy atom. The second kappa shape index (κ2) is 5.24. The molecule has 0 aliphatic rings. The monoisotopic (exact) mass is 204 g/mol. The van der Waals surface area contributed by atoms with Crippen LogP contribution in [0.5, 0.6) is 0 Å². The number of hydrogen-bond donors (Lipinski definition) is 0. The highest BCUT2D eigenvalue weighted by atomic mass is 35.5. The average Bonchev–Trinajstić information content (AvgIpc) is 1.82. The maximum absolute atomic E-state index is 6.17. The summed E-state index contributed by atoms with van der Waals surface area (Å²) in [7, 11) is 0. The minimum atomic E-state index is 0.308. The molecule has 0 aromatic rings. The number of hydrogen-bond acceptors (Lipinski definition) is 0. The van der Waals surface area contributed by atoms with Crippen LogP contribution in [-0.2, 0) is 0 Å². The Kier molecular flexibility index (Phi) is 5.36. The second-order valence-electron chi connectivity index (χ2n) is 5.68. The van der Waals surface area contributed by atoms with Gasteiger partial charge in [-0.2, -0.15) is 0 Å². The first-order valence-electron chi connectivity index (χ1n) is 5.38. The van der Waals surface area contributed by atoms with Crippen LogP contribution in [0.15, 0.2) is 0 Å². The predicted octanol–water partition coefficient (Wildman–Crippen LogP) is 4.71. The first-order valence-corrected chi connectivity index (χ1v) is 5.82. The van der Waals surface area contributed by atoms with Crippen molar-refractivity contribution in [3.63, 3.8) is 0 Å². The third kappa shape index (κ3) is 6.37. The molecular formula is C12H25Cl. The van der Waals surface area contributed by atoms with Crippen LogP contribution in [0.2, 0.25) is 0 Å². The molecule has 0 aromatic carbocycles. The van der Waals surface area contributed by atoms with E-state index in [1.165, 1.54) is 12.8 Å². The molecular weight excluding hydrogens is 180 g/mol. The fraction of sp³-hybridized carbons (Fsp3) is 1.00. The van der Waals surface area contributed by atoms with Gasteiger partial charge < -0.3 is 0 Å². The molecule has 0 saturated carbocycles. The van der Waals surface area contributed by atoms with Gasteiger partial charge in [-0.3, -0.25) is 0 Å². The summed E-state index contributed by atoms with van der Waals surface area (Å²) in [4.78, 5) is 0. The third-order valence-electron chi connectivity index (χ3n) is 2.67. The number of halogens is 1. The summed E-state index contributed by atoms with van der Waals surface area (Å²) in [6.45, 7) is 13.5. The Balaban J connectivity index is 3.98. The predicted molar refractivity (Wildman–Crippen MR) is 62.3 cm³/mol. The van der Waals surface area contributed by atoms with Crippen LogP contribution in [0.3, 0.4) is 0 Å². The van der Waals surface area contributed by atoms with Gasteiger partial charge in [0.2, 0.25) is 0 Å². The van der Waals surface area contributed by atoms with Crippen molar-refractivity contribution in [2.75, 3.05) is 0 Å². The first-order chi connectivity index (χ1) is 5.74. The van der Waals surface area contributed by atoms with Gasteiger partial charge in [0.25, 0.3) is 0 Å². The molecule has 0 spiro atoms. The molecule has 13 heavy (non-hydrogen) atoms. The quantitative estimate of drug-likeness (QED) is 0.582. The third-order valence-corrected chi connectivity index (χ3v) is 3.00. The van der Waals surface area contributed by atoms with Crippen molar-refractivity contribution in [1.82, 2.24) is 0 Å². The van der Waals surface area contributed by atoms with Crippen LogP contribution in [-0.4, -0.2) is 5.38 Å². The standard InChI is InChI=1S/C12H25Cl/c1-9(2)11(10(3)13)7-8-12(4,5)6/h9-11H,7-8H2,1-6H3. The van der Waals surface area contributed by atoms with E-state index in [1.807, 2.05) is 0 Å². The van der Waals surface area contributed by atoms with Gasteiger partial charge in [0.15, 0.2) is 0 Å². The molecule has 0 fully saturated rings. The van der Waals surface area contributed by atoms with E-state index in [4.69, 9.17) is 11.6 Å². The van der Waals surface area contributed by atoms with Crippen molar-refractivity contribution in [2.24, 2.45) is 17.3 Å². The molecule has 2 atom stereocenters. The van der Waals surface area contributed by atoms with E-state index in [0.717, 1.165) is 0 Å². The zero-order valence-corrected chi connectivity index (χ0v) is 10.8. The summed E-state index contributed by atoms with van der Waals surface area (Å²) >= 11 is 6.17. The summed E-state index contributed by atoms with van der Waals surface area (Å²) in [5, 5.41) is 0.308. The number of rotatable bonds is 4. The molecule has 2 unspecified atom stereocenters. The Morgan fingerprint density at radius 3 is 1.77 bits per heavy atom. The Morgan fingerprint density at radius 2 is 1.54 bits per heavy atom. The summed E-state index contributed by atoms with van der Waals surface area (Å²) < 4.78 is 0. The lowest BCUT2D eigenvalue weighted by Crippen LogP contribution is -2.20. The minimum absolute atomic E-state index is 0.308. The lowest BCUT2D eigenvalue weighted by molar-refractivity contribution is 0.276. The molecule has 0 aromatic heterocycles. The molecule has 0 aliphatic carbocycles. The van der Waals surface area contributed by atoms with Crippen molar-refractivity contribution in [1.29, 1.82) is 0 Å². The zero-order valence-electron chi connectivity index (χ0n) is 10.0. The van der Waals surface area contributed by atoms with Gasteiger partial charge in [0, 0.05) is 5.38 Å². The fourth-order valence-electron chi connectivity index (χ4n) is 1.69. The summed E-state index contributed by atoms with van der Waals surface area (Å²) in [5.41, 5.74) is 0.443. The van der Waals surface area contributed by atoms with E-state index >= 15 is 0 Å². The van der Waals surface area contributed by atoms with Crippen molar-refractivity contribution < 1.29 is 0 Å². The molecule has 0 radical (unpaired) electrons. The van der Waals surface area contributed by atoms with Crippen molar-refractivity contribution in [2.45, 2.75) is 59.8 Å². The smallest absolute Gasteiger partial charge is 0.0338 e. The maximum atomic E-state index is 6.17. The second-order valence-corrected chi connectivity index (χ2v) is 6.37. The normalized spacial score (nSPS) is 17.5. The van der Waals surface area contributed by atoms with E-state index in [9.17, 15) is 0 Å². The molecule has 0 rings (SSSR count). The minimum Gasteiger partial charge on any atom is -0.123 e. The maximum Gasteiger partial charge on any atom is 0.0338 e. The van der Waals surface area contributed by atoms with Gasteiger partial charge in [-0.25, -0.2) is 0 Å². The van der Waals surface area contributed by atoms with E-state index in [-0.39, 0.29) is 0 Å². The van der Waals surface area contributed by atoms with Gasteiger partial charge >= 0.3 is 0 Å². The topological polar surface area (TPSA) is 0 Å². The van der Waals surface area contributed by atoms with Crippen molar-refractivity contribution in [3.05, 3.63) is 0 Å². The van der Waals surface area contributed by atoms with Gasteiger partial charge in [0.1, 0.15) is 0 Å². The van der Waals surface area contributed by atoms with Crippen molar-refractivity contribution >= 4 is 11.6 Å². The molecule has 0 nitrogen and oxygen atoms in total. The highest BCUT2D eigenvalue weighted by Gasteiger charge is 2.21. The Hall–Kier alpha value is 0.290. The largest absolute Gasteiger partial charge is 0.123 e. The fourth-order valence-corrected chi connectivity index (χ4v) is 2.11. The van der Waals surface area contributed by atoms with Crippen LogP contribution in [0.25, 0.3) is 0 Å². The van der Waals surface area contributed by atoms with Crippen LogP contribution < -0.4 is 0 Å². The molecule has 80 valence electrons. The SMILES string of the molecule is CC(C)C(CCC(C)(C)C)C(C)Cl. The molecule has 0 amide bonds.